The van der Waals surface area contributed by atoms with E-state index in [1.807, 2.05) is 6.26 Å². The van der Waals surface area contributed by atoms with Gasteiger partial charge in [-0.1, -0.05) is 30.3 Å². The van der Waals surface area contributed by atoms with E-state index in [1.165, 1.54) is 23.9 Å². The van der Waals surface area contributed by atoms with Crippen molar-refractivity contribution in [3.63, 3.8) is 0 Å². The summed E-state index contributed by atoms with van der Waals surface area (Å²) in [6, 6.07) is 13.2. The van der Waals surface area contributed by atoms with Gasteiger partial charge in [0.2, 0.25) is 21.8 Å². The van der Waals surface area contributed by atoms with E-state index in [1.54, 1.807) is 42.5 Å². The van der Waals surface area contributed by atoms with E-state index >= 15 is 0 Å². The van der Waals surface area contributed by atoms with E-state index in [-0.39, 0.29) is 23.9 Å². The Labute approximate surface area is 191 Å². The minimum absolute atomic E-state index is 0.0338. The molecule has 1 unspecified atom stereocenters. The number of hydrogen-bond donors (Lipinski definition) is 3. The van der Waals surface area contributed by atoms with Gasteiger partial charge in [0.15, 0.2) is 0 Å². The van der Waals surface area contributed by atoms with Crippen molar-refractivity contribution in [1.82, 2.24) is 14.9 Å². The molecule has 0 radical (unpaired) electrons. The summed E-state index contributed by atoms with van der Waals surface area (Å²) in [6.07, 6.45) is 2.18. The molecule has 0 saturated carbocycles. The van der Waals surface area contributed by atoms with Gasteiger partial charge in [-0.05, 0) is 48.3 Å². The summed E-state index contributed by atoms with van der Waals surface area (Å²) < 4.78 is 27.9. The summed E-state index contributed by atoms with van der Waals surface area (Å²) >= 11 is 1.51. The topological polar surface area (TPSA) is 125 Å². The number of rotatable bonds is 10. The molecule has 0 aromatic heterocycles. The molecule has 0 bridgehead atoms. The van der Waals surface area contributed by atoms with Gasteiger partial charge in [-0.2, -0.15) is 16.5 Å². The molecule has 1 saturated heterocycles. The van der Waals surface area contributed by atoms with Gasteiger partial charge in [0.05, 0.1) is 18.0 Å². The lowest BCUT2D eigenvalue weighted by Crippen LogP contribution is -2.44. The SMILES string of the molecule is CSCCC(NS(=O)(=O)c1ccccc1)C(=O)Nc1cccc(CN2C(=O)CNC2=O)c1. The fourth-order valence-corrected chi connectivity index (χ4v) is 4.83. The van der Waals surface area contributed by atoms with Crippen LogP contribution in [0.4, 0.5) is 10.5 Å². The molecule has 2 aromatic carbocycles. The number of urea groups is 1. The van der Waals surface area contributed by atoms with E-state index in [2.05, 4.69) is 15.4 Å². The second-order valence-electron chi connectivity index (χ2n) is 7.10. The highest BCUT2D eigenvalue weighted by atomic mass is 32.2. The van der Waals surface area contributed by atoms with Crippen molar-refractivity contribution in [3.8, 4) is 0 Å². The lowest BCUT2D eigenvalue weighted by molar-refractivity contribution is -0.125. The maximum Gasteiger partial charge on any atom is 0.324 e. The van der Waals surface area contributed by atoms with Crippen molar-refractivity contribution in [3.05, 3.63) is 60.2 Å². The Balaban J connectivity index is 1.72. The predicted octanol–water partition coefficient (Wildman–Crippen LogP) is 1.78. The third-order valence-electron chi connectivity index (χ3n) is 4.75. The molecule has 0 spiro atoms. The number of benzene rings is 2. The van der Waals surface area contributed by atoms with Crippen LogP contribution in [0.15, 0.2) is 59.5 Å². The van der Waals surface area contributed by atoms with Gasteiger partial charge in [0.1, 0.15) is 6.04 Å². The van der Waals surface area contributed by atoms with Crippen LogP contribution in [0.5, 0.6) is 0 Å². The first kappa shape index (κ1) is 23.8. The Kier molecular flexibility index (Phi) is 7.89. The summed E-state index contributed by atoms with van der Waals surface area (Å²) in [6.45, 7) is 0.0405. The summed E-state index contributed by atoms with van der Waals surface area (Å²) in [4.78, 5) is 37.6. The average molecular weight is 477 g/mol. The highest BCUT2D eigenvalue weighted by molar-refractivity contribution is 7.98. The molecular weight excluding hydrogens is 452 g/mol. The van der Waals surface area contributed by atoms with Gasteiger partial charge in [0, 0.05) is 5.69 Å². The normalized spacial score (nSPS) is 14.8. The summed E-state index contributed by atoms with van der Waals surface area (Å²) in [5, 5.41) is 5.19. The number of imide groups is 1. The molecule has 170 valence electrons. The Hall–Kier alpha value is -2.89. The van der Waals surface area contributed by atoms with Crippen LogP contribution in [0.25, 0.3) is 0 Å². The van der Waals surface area contributed by atoms with Crippen LogP contribution in [0.3, 0.4) is 0 Å². The smallest absolute Gasteiger partial charge is 0.324 e. The zero-order chi connectivity index (χ0) is 23.1. The highest BCUT2D eigenvalue weighted by Crippen LogP contribution is 2.16. The minimum atomic E-state index is -3.87. The van der Waals surface area contributed by atoms with Crippen molar-refractivity contribution >= 4 is 45.3 Å². The van der Waals surface area contributed by atoms with Gasteiger partial charge in [0.25, 0.3) is 0 Å². The first-order valence-electron chi connectivity index (χ1n) is 9.84. The largest absolute Gasteiger partial charge is 0.329 e. The second-order valence-corrected chi connectivity index (χ2v) is 9.80. The van der Waals surface area contributed by atoms with Crippen LogP contribution < -0.4 is 15.4 Å². The molecule has 3 N–H and O–H groups in total. The molecular formula is C21H24N4O5S2. The third kappa shape index (κ3) is 6.09. The molecule has 1 aliphatic heterocycles. The molecule has 2 aromatic rings. The van der Waals surface area contributed by atoms with Gasteiger partial charge in [-0.15, -0.1) is 0 Å². The van der Waals surface area contributed by atoms with Crippen LogP contribution in [0, 0.1) is 0 Å². The quantitative estimate of drug-likeness (QED) is 0.449. The van der Waals surface area contributed by atoms with Crippen LogP contribution in [-0.4, -0.2) is 55.8 Å². The van der Waals surface area contributed by atoms with Gasteiger partial charge < -0.3 is 10.6 Å². The lowest BCUT2D eigenvalue weighted by atomic mass is 10.1. The maximum atomic E-state index is 12.9. The summed E-state index contributed by atoms with van der Waals surface area (Å²) in [7, 11) is -3.87. The molecule has 4 amide bonds. The molecule has 11 heteroatoms. The van der Waals surface area contributed by atoms with Gasteiger partial charge in [-0.25, -0.2) is 13.2 Å². The van der Waals surface area contributed by atoms with Crippen molar-refractivity contribution < 1.29 is 22.8 Å². The molecule has 1 aliphatic rings. The monoisotopic (exact) mass is 476 g/mol. The number of sulfonamides is 1. The van der Waals surface area contributed by atoms with Crippen molar-refractivity contribution in [2.24, 2.45) is 0 Å². The third-order valence-corrected chi connectivity index (χ3v) is 6.88. The number of anilines is 1. The highest BCUT2D eigenvalue weighted by Gasteiger charge is 2.29. The average Bonchev–Trinajstić information content (AvgIpc) is 3.09. The molecule has 9 nitrogen and oxygen atoms in total. The molecule has 0 aliphatic carbocycles. The molecule has 3 rings (SSSR count). The van der Waals surface area contributed by atoms with E-state index in [0.717, 1.165) is 4.90 Å². The minimum Gasteiger partial charge on any atom is -0.329 e. The molecule has 1 heterocycles. The van der Waals surface area contributed by atoms with Crippen molar-refractivity contribution in [2.45, 2.75) is 23.9 Å². The van der Waals surface area contributed by atoms with E-state index in [0.29, 0.717) is 23.4 Å². The Morgan fingerprint density at radius 2 is 1.91 bits per heavy atom. The fraction of sp³-hybridized carbons (Fsp3) is 0.286. The van der Waals surface area contributed by atoms with E-state index in [4.69, 9.17) is 0 Å². The summed E-state index contributed by atoms with van der Waals surface area (Å²) in [5.74, 6) is -0.232. The maximum absolute atomic E-state index is 12.9. The van der Waals surface area contributed by atoms with Gasteiger partial charge in [-0.3, -0.25) is 14.5 Å². The van der Waals surface area contributed by atoms with Crippen molar-refractivity contribution in [1.29, 1.82) is 0 Å². The van der Waals surface area contributed by atoms with Crippen LogP contribution in [0.2, 0.25) is 0 Å². The summed E-state index contributed by atoms with van der Waals surface area (Å²) in [5.41, 5.74) is 1.09. The number of carbonyl (C=O) groups is 3. The van der Waals surface area contributed by atoms with E-state index < -0.39 is 28.0 Å². The first-order valence-corrected chi connectivity index (χ1v) is 12.7. The number of hydrogen-bond acceptors (Lipinski definition) is 6. The lowest BCUT2D eigenvalue weighted by Gasteiger charge is -2.19. The number of amides is 4. The zero-order valence-corrected chi connectivity index (χ0v) is 19.0. The number of nitrogens with one attached hydrogen (secondary N) is 3. The Morgan fingerprint density at radius 1 is 1.16 bits per heavy atom. The second kappa shape index (κ2) is 10.6. The van der Waals surface area contributed by atoms with Crippen LogP contribution >= 0.6 is 11.8 Å². The van der Waals surface area contributed by atoms with E-state index in [9.17, 15) is 22.8 Å². The molecule has 1 atom stereocenters. The number of thioether (sulfide) groups is 1. The van der Waals surface area contributed by atoms with Crippen molar-refractivity contribution in [2.75, 3.05) is 23.9 Å². The van der Waals surface area contributed by atoms with Crippen LogP contribution in [-0.2, 0) is 26.2 Å². The van der Waals surface area contributed by atoms with Crippen LogP contribution in [0.1, 0.15) is 12.0 Å². The van der Waals surface area contributed by atoms with Gasteiger partial charge >= 0.3 is 6.03 Å². The zero-order valence-electron chi connectivity index (χ0n) is 17.4. The standard InChI is InChI=1S/C21H24N4O5S2/c1-31-11-10-18(24-32(29,30)17-8-3-2-4-9-17)20(27)23-16-7-5-6-15(12-16)14-25-19(26)13-22-21(25)28/h2-9,12,18,24H,10-11,13-14H2,1H3,(H,22,28)(H,23,27). The first-order chi connectivity index (χ1) is 15.3. The predicted molar refractivity (Wildman–Crippen MR) is 123 cm³/mol. The number of carbonyl (C=O) groups excluding carboxylic acids is 3. The Morgan fingerprint density at radius 3 is 2.56 bits per heavy atom. The number of nitrogens with zero attached hydrogens (tertiary/aromatic N) is 1. The molecule has 32 heavy (non-hydrogen) atoms. The fourth-order valence-electron chi connectivity index (χ4n) is 3.11. The molecule has 1 fully saturated rings. The Bertz CT molecular complexity index is 1080.